The van der Waals surface area contributed by atoms with E-state index in [1.807, 2.05) is 43.3 Å². The Balaban J connectivity index is 1.72. The summed E-state index contributed by atoms with van der Waals surface area (Å²) in [4.78, 5) is 32.1. The maximum Gasteiger partial charge on any atom is 0.295 e. The predicted octanol–water partition coefficient (Wildman–Crippen LogP) is 2.52. The average Bonchev–Trinajstić information content (AvgIpc) is 3.12. The fraction of sp³-hybridized carbons (Fsp3) is 0.385. The third-order valence-electron chi connectivity index (χ3n) is 6.39. The van der Waals surface area contributed by atoms with Crippen LogP contribution in [0.2, 0.25) is 0 Å². The van der Waals surface area contributed by atoms with Crippen LogP contribution in [0.4, 0.5) is 5.69 Å². The van der Waals surface area contributed by atoms with Crippen molar-refractivity contribution in [1.29, 1.82) is 0 Å². The molecule has 0 radical (unpaired) electrons. The Labute approximate surface area is 200 Å². The third kappa shape index (κ3) is 4.78. The second-order valence-corrected chi connectivity index (χ2v) is 8.66. The van der Waals surface area contributed by atoms with Gasteiger partial charge < -0.3 is 24.4 Å². The molecule has 8 nitrogen and oxygen atoms in total. The smallest absolute Gasteiger partial charge is 0.295 e. The number of rotatable bonds is 7. The van der Waals surface area contributed by atoms with Crippen molar-refractivity contribution >= 4 is 23.1 Å². The lowest BCUT2D eigenvalue weighted by molar-refractivity contribution is -0.140. The lowest BCUT2D eigenvalue weighted by Gasteiger charge is -2.31. The van der Waals surface area contributed by atoms with Crippen molar-refractivity contribution in [3.63, 3.8) is 0 Å². The highest BCUT2D eigenvalue weighted by atomic mass is 16.5. The van der Waals surface area contributed by atoms with E-state index >= 15 is 0 Å². The number of aliphatic hydroxyl groups is 1. The van der Waals surface area contributed by atoms with E-state index in [9.17, 15) is 14.7 Å². The number of hydrogen-bond acceptors (Lipinski definition) is 7. The standard InChI is InChI=1S/C26H31N3O5/c1-27(2)20-8-4-18(5-9-20)23-22(24(30)19-6-10-21(33-3)11-7-19)25(31)26(32)29(23)13-12-28-14-16-34-17-15-28/h4-11,23,30H,12-17H2,1-3H3/b24-22+/t23-/m0/s1. The number of carbonyl (C=O) groups excluding carboxylic acids is 2. The molecule has 1 atom stereocenters. The van der Waals surface area contributed by atoms with Gasteiger partial charge in [-0.2, -0.15) is 0 Å². The molecule has 0 unspecified atom stereocenters. The Morgan fingerprint density at radius 1 is 1.03 bits per heavy atom. The molecule has 2 heterocycles. The van der Waals surface area contributed by atoms with Gasteiger partial charge in [0.25, 0.3) is 11.7 Å². The summed E-state index contributed by atoms with van der Waals surface area (Å²) in [6.45, 7) is 3.91. The molecule has 0 spiro atoms. The highest BCUT2D eigenvalue weighted by Crippen LogP contribution is 2.39. The molecular weight excluding hydrogens is 434 g/mol. The van der Waals surface area contributed by atoms with Crippen molar-refractivity contribution in [1.82, 2.24) is 9.80 Å². The van der Waals surface area contributed by atoms with Gasteiger partial charge >= 0.3 is 0 Å². The van der Waals surface area contributed by atoms with Crippen molar-refractivity contribution in [2.45, 2.75) is 6.04 Å². The number of nitrogens with zero attached hydrogens (tertiary/aromatic N) is 3. The van der Waals surface area contributed by atoms with Crippen molar-refractivity contribution in [3.05, 3.63) is 65.2 Å². The lowest BCUT2D eigenvalue weighted by atomic mass is 9.95. The van der Waals surface area contributed by atoms with Crippen LogP contribution < -0.4 is 9.64 Å². The normalized spacial score (nSPS) is 20.6. The first-order valence-corrected chi connectivity index (χ1v) is 11.4. The topological polar surface area (TPSA) is 82.5 Å². The monoisotopic (exact) mass is 465 g/mol. The molecule has 8 heteroatoms. The van der Waals surface area contributed by atoms with E-state index in [-0.39, 0.29) is 11.3 Å². The first-order valence-electron chi connectivity index (χ1n) is 11.4. The van der Waals surface area contributed by atoms with Crippen LogP contribution in [0.5, 0.6) is 5.75 Å². The largest absolute Gasteiger partial charge is 0.507 e. The van der Waals surface area contributed by atoms with Crippen LogP contribution in [0.1, 0.15) is 17.2 Å². The van der Waals surface area contributed by atoms with Gasteiger partial charge in [-0.15, -0.1) is 0 Å². The van der Waals surface area contributed by atoms with Crippen molar-refractivity contribution < 1.29 is 24.2 Å². The number of likely N-dealkylation sites (tertiary alicyclic amines) is 1. The molecule has 4 rings (SSSR count). The fourth-order valence-electron chi connectivity index (χ4n) is 4.39. The molecule has 2 aliphatic rings. The van der Waals surface area contributed by atoms with Gasteiger partial charge in [0.2, 0.25) is 0 Å². The zero-order chi connectivity index (χ0) is 24.2. The highest BCUT2D eigenvalue weighted by molar-refractivity contribution is 6.46. The van der Waals surface area contributed by atoms with Crippen molar-refractivity contribution in [2.24, 2.45) is 0 Å². The van der Waals surface area contributed by atoms with E-state index in [4.69, 9.17) is 9.47 Å². The van der Waals surface area contributed by atoms with E-state index < -0.39 is 17.7 Å². The molecule has 2 aromatic carbocycles. The van der Waals surface area contributed by atoms with E-state index in [0.29, 0.717) is 37.6 Å². The molecule has 1 amide bonds. The maximum absolute atomic E-state index is 13.2. The summed E-state index contributed by atoms with van der Waals surface area (Å²) in [6.07, 6.45) is 0. The lowest BCUT2D eigenvalue weighted by Crippen LogP contribution is -2.42. The van der Waals surface area contributed by atoms with Crippen LogP contribution in [0.25, 0.3) is 5.76 Å². The molecule has 0 aromatic heterocycles. The summed E-state index contributed by atoms with van der Waals surface area (Å²) in [5, 5.41) is 11.2. The summed E-state index contributed by atoms with van der Waals surface area (Å²) in [7, 11) is 5.46. The Morgan fingerprint density at radius 2 is 1.68 bits per heavy atom. The molecule has 2 saturated heterocycles. The predicted molar refractivity (Wildman–Crippen MR) is 130 cm³/mol. The molecule has 1 N–H and O–H groups in total. The Bertz CT molecular complexity index is 1060. The van der Waals surface area contributed by atoms with Gasteiger partial charge in [0, 0.05) is 51.5 Å². The molecule has 2 fully saturated rings. The van der Waals surface area contributed by atoms with Gasteiger partial charge in [0.05, 0.1) is 31.9 Å². The zero-order valence-corrected chi connectivity index (χ0v) is 19.9. The number of ketones is 1. The minimum Gasteiger partial charge on any atom is -0.507 e. The molecule has 0 saturated carbocycles. The quantitative estimate of drug-likeness (QED) is 0.382. The molecule has 0 bridgehead atoms. The minimum atomic E-state index is -0.669. The molecular formula is C26H31N3O5. The molecule has 2 aliphatic heterocycles. The van der Waals surface area contributed by atoms with Gasteiger partial charge in [-0.05, 0) is 42.0 Å². The maximum atomic E-state index is 13.2. The number of Topliss-reactive ketones (excluding diaryl/α,β-unsaturated/α-hetero) is 1. The Kier molecular flexibility index (Phi) is 7.19. The first kappa shape index (κ1) is 23.8. The number of ether oxygens (including phenoxy) is 2. The van der Waals surface area contributed by atoms with Crippen LogP contribution in [-0.2, 0) is 14.3 Å². The van der Waals surface area contributed by atoms with Gasteiger partial charge in [-0.3, -0.25) is 14.5 Å². The number of amides is 1. The first-order chi connectivity index (χ1) is 16.4. The number of anilines is 1. The van der Waals surface area contributed by atoms with E-state index in [0.717, 1.165) is 24.3 Å². The highest BCUT2D eigenvalue weighted by Gasteiger charge is 2.46. The molecule has 0 aliphatic carbocycles. The Hall–Kier alpha value is -3.36. The van der Waals surface area contributed by atoms with E-state index in [1.54, 1.807) is 36.3 Å². The number of morpholine rings is 1. The van der Waals surface area contributed by atoms with Crippen LogP contribution >= 0.6 is 0 Å². The number of benzene rings is 2. The Morgan fingerprint density at radius 3 is 2.26 bits per heavy atom. The second kappa shape index (κ2) is 10.3. The van der Waals surface area contributed by atoms with Crippen LogP contribution in [0, 0.1) is 0 Å². The average molecular weight is 466 g/mol. The number of hydrogen-bond donors (Lipinski definition) is 1. The summed E-state index contributed by atoms with van der Waals surface area (Å²) < 4.78 is 10.6. The number of aliphatic hydroxyl groups excluding tert-OH is 1. The molecule has 180 valence electrons. The third-order valence-corrected chi connectivity index (χ3v) is 6.39. The molecule has 34 heavy (non-hydrogen) atoms. The SMILES string of the molecule is COc1ccc(/C(O)=C2\C(=O)C(=O)N(CCN3CCOCC3)[C@H]2c2ccc(N(C)C)cc2)cc1. The number of carbonyl (C=O) groups is 2. The van der Waals surface area contributed by atoms with Crippen LogP contribution in [0.3, 0.4) is 0 Å². The van der Waals surface area contributed by atoms with E-state index in [1.165, 1.54) is 0 Å². The van der Waals surface area contributed by atoms with Gasteiger partial charge in [0.15, 0.2) is 0 Å². The van der Waals surface area contributed by atoms with Gasteiger partial charge in [-0.25, -0.2) is 0 Å². The van der Waals surface area contributed by atoms with Crippen LogP contribution in [0.15, 0.2) is 54.1 Å². The van der Waals surface area contributed by atoms with E-state index in [2.05, 4.69) is 4.90 Å². The molecule has 2 aromatic rings. The summed E-state index contributed by atoms with van der Waals surface area (Å²) in [6, 6.07) is 13.8. The summed E-state index contributed by atoms with van der Waals surface area (Å²) >= 11 is 0. The van der Waals surface area contributed by atoms with Crippen LogP contribution in [-0.4, -0.2) is 87.2 Å². The summed E-state index contributed by atoms with van der Waals surface area (Å²) in [5.41, 5.74) is 2.35. The summed E-state index contributed by atoms with van der Waals surface area (Å²) in [5.74, 6) is -0.808. The second-order valence-electron chi connectivity index (χ2n) is 8.66. The fourth-order valence-corrected chi connectivity index (χ4v) is 4.39. The minimum absolute atomic E-state index is 0.106. The van der Waals surface area contributed by atoms with Crippen molar-refractivity contribution in [2.75, 3.05) is 65.5 Å². The number of methoxy groups -OCH3 is 1. The van der Waals surface area contributed by atoms with Gasteiger partial charge in [0.1, 0.15) is 11.5 Å². The zero-order valence-electron chi connectivity index (χ0n) is 19.9. The van der Waals surface area contributed by atoms with Gasteiger partial charge in [-0.1, -0.05) is 12.1 Å². The van der Waals surface area contributed by atoms with Crippen molar-refractivity contribution in [3.8, 4) is 5.75 Å².